The molecule has 0 aliphatic carbocycles. The van der Waals surface area contributed by atoms with Crippen LogP contribution in [0.2, 0.25) is 0 Å². The highest BCUT2D eigenvalue weighted by Gasteiger charge is 2.34. The van der Waals surface area contributed by atoms with E-state index in [2.05, 4.69) is 0 Å². The van der Waals surface area contributed by atoms with Gasteiger partial charge in [0, 0.05) is 13.1 Å². The Hall–Kier alpha value is -1.60. The minimum absolute atomic E-state index is 0.193. The standard InChI is InChI=1S/C17H25NO5S/c1-4-22-15-7-6-13(3)12-16(15)24(20,21)18-10-8-14(9-11-18)17(19)23-5-2/h6-7,12,14H,4-5,8-11H2,1-3H3. The molecule has 1 aromatic carbocycles. The molecule has 1 aliphatic rings. The van der Waals surface area contributed by atoms with E-state index in [1.165, 1.54) is 4.31 Å². The first-order valence-corrected chi connectivity index (χ1v) is 9.74. The minimum atomic E-state index is -3.64. The molecule has 6 nitrogen and oxygen atoms in total. The van der Waals surface area contributed by atoms with E-state index in [-0.39, 0.29) is 16.8 Å². The number of rotatable bonds is 6. The summed E-state index contributed by atoms with van der Waals surface area (Å²) in [5.74, 6) is -0.0870. The highest BCUT2D eigenvalue weighted by Crippen LogP contribution is 2.31. The Morgan fingerprint density at radius 2 is 1.88 bits per heavy atom. The smallest absolute Gasteiger partial charge is 0.309 e. The van der Waals surface area contributed by atoms with Crippen LogP contribution < -0.4 is 4.74 Å². The third kappa shape index (κ3) is 4.08. The Balaban J connectivity index is 2.18. The van der Waals surface area contributed by atoms with Gasteiger partial charge in [0.05, 0.1) is 19.1 Å². The predicted octanol–water partition coefficient (Wildman–Crippen LogP) is 2.36. The van der Waals surface area contributed by atoms with Crippen molar-refractivity contribution in [2.24, 2.45) is 5.92 Å². The lowest BCUT2D eigenvalue weighted by atomic mass is 9.98. The first-order valence-electron chi connectivity index (χ1n) is 8.30. The van der Waals surface area contributed by atoms with Gasteiger partial charge in [0.25, 0.3) is 0 Å². The van der Waals surface area contributed by atoms with Gasteiger partial charge in [-0.25, -0.2) is 8.42 Å². The lowest BCUT2D eigenvalue weighted by molar-refractivity contribution is -0.149. The van der Waals surface area contributed by atoms with Crippen molar-refractivity contribution >= 4 is 16.0 Å². The maximum atomic E-state index is 13.0. The van der Waals surface area contributed by atoms with Crippen LogP contribution in [0, 0.1) is 12.8 Å². The summed E-state index contributed by atoms with van der Waals surface area (Å²) in [6.07, 6.45) is 0.960. The number of hydrogen-bond donors (Lipinski definition) is 0. The number of piperidine rings is 1. The van der Waals surface area contributed by atoms with E-state index < -0.39 is 10.0 Å². The summed E-state index contributed by atoms with van der Waals surface area (Å²) in [4.78, 5) is 12.0. The molecule has 1 saturated heterocycles. The Bertz CT molecular complexity index is 678. The average molecular weight is 355 g/mol. The molecular weight excluding hydrogens is 330 g/mol. The topological polar surface area (TPSA) is 72.9 Å². The van der Waals surface area contributed by atoms with Gasteiger partial charge in [0.2, 0.25) is 10.0 Å². The van der Waals surface area contributed by atoms with E-state index in [9.17, 15) is 13.2 Å². The number of sulfonamides is 1. The van der Waals surface area contributed by atoms with E-state index in [0.29, 0.717) is 44.9 Å². The zero-order chi connectivity index (χ0) is 17.7. The Morgan fingerprint density at radius 3 is 2.46 bits per heavy atom. The number of hydrogen-bond acceptors (Lipinski definition) is 5. The van der Waals surface area contributed by atoms with Crippen molar-refractivity contribution in [3.63, 3.8) is 0 Å². The van der Waals surface area contributed by atoms with Gasteiger partial charge in [-0.3, -0.25) is 4.79 Å². The quantitative estimate of drug-likeness (QED) is 0.733. The van der Waals surface area contributed by atoms with Crippen LogP contribution in [-0.4, -0.2) is 45.0 Å². The van der Waals surface area contributed by atoms with Crippen LogP contribution in [0.15, 0.2) is 23.1 Å². The first kappa shape index (κ1) is 18.7. The van der Waals surface area contributed by atoms with Crippen molar-refractivity contribution in [2.45, 2.75) is 38.5 Å². The molecule has 1 heterocycles. The Labute approximate surface area is 143 Å². The van der Waals surface area contributed by atoms with E-state index in [1.807, 2.05) is 19.9 Å². The molecule has 0 atom stereocenters. The lowest BCUT2D eigenvalue weighted by Crippen LogP contribution is -2.40. The van der Waals surface area contributed by atoms with Crippen molar-refractivity contribution in [3.8, 4) is 5.75 Å². The van der Waals surface area contributed by atoms with Gasteiger partial charge in [0.15, 0.2) is 0 Å². The number of ether oxygens (including phenoxy) is 2. The van der Waals surface area contributed by atoms with Gasteiger partial charge < -0.3 is 9.47 Å². The van der Waals surface area contributed by atoms with Gasteiger partial charge in [0.1, 0.15) is 10.6 Å². The maximum Gasteiger partial charge on any atom is 0.309 e. The number of benzene rings is 1. The molecule has 0 N–H and O–H groups in total. The molecule has 0 unspecified atom stereocenters. The Morgan fingerprint density at radius 1 is 1.21 bits per heavy atom. The normalized spacial score (nSPS) is 16.8. The number of carbonyl (C=O) groups is 1. The van der Waals surface area contributed by atoms with Crippen molar-refractivity contribution in [1.82, 2.24) is 4.31 Å². The molecule has 0 bridgehead atoms. The minimum Gasteiger partial charge on any atom is -0.492 e. The molecule has 0 saturated carbocycles. The van der Waals surface area contributed by atoms with E-state index in [0.717, 1.165) is 5.56 Å². The molecule has 24 heavy (non-hydrogen) atoms. The van der Waals surface area contributed by atoms with Gasteiger partial charge in [-0.1, -0.05) is 6.07 Å². The van der Waals surface area contributed by atoms with Crippen LogP contribution in [0.1, 0.15) is 32.3 Å². The van der Waals surface area contributed by atoms with Gasteiger partial charge in [-0.2, -0.15) is 4.31 Å². The van der Waals surface area contributed by atoms with Gasteiger partial charge >= 0.3 is 5.97 Å². The third-order valence-corrected chi connectivity index (χ3v) is 6.01. The van der Waals surface area contributed by atoms with Crippen LogP contribution in [0.3, 0.4) is 0 Å². The summed E-state index contributed by atoms with van der Waals surface area (Å²) >= 11 is 0. The fourth-order valence-electron chi connectivity index (χ4n) is 2.82. The SMILES string of the molecule is CCOC(=O)C1CCN(S(=O)(=O)c2cc(C)ccc2OCC)CC1. The number of carbonyl (C=O) groups excluding carboxylic acids is 1. The van der Waals surface area contributed by atoms with Gasteiger partial charge in [-0.05, 0) is 51.3 Å². The number of nitrogens with zero attached hydrogens (tertiary/aromatic N) is 1. The fraction of sp³-hybridized carbons (Fsp3) is 0.588. The van der Waals surface area contributed by atoms with Crippen molar-refractivity contribution < 1.29 is 22.7 Å². The summed E-state index contributed by atoms with van der Waals surface area (Å²) in [5, 5.41) is 0. The molecule has 0 spiro atoms. The van der Waals surface area contributed by atoms with Crippen molar-refractivity contribution in [1.29, 1.82) is 0 Å². The summed E-state index contributed by atoms with van der Waals surface area (Å²) in [6, 6.07) is 5.16. The number of esters is 1. The van der Waals surface area contributed by atoms with E-state index >= 15 is 0 Å². The molecule has 134 valence electrons. The molecule has 1 fully saturated rings. The first-order chi connectivity index (χ1) is 11.4. The monoisotopic (exact) mass is 355 g/mol. The molecule has 7 heteroatoms. The molecule has 1 aliphatic heterocycles. The zero-order valence-electron chi connectivity index (χ0n) is 14.4. The molecule has 2 rings (SSSR count). The predicted molar refractivity (Wildman–Crippen MR) is 90.5 cm³/mol. The lowest BCUT2D eigenvalue weighted by Gasteiger charge is -2.30. The number of aryl methyl sites for hydroxylation is 1. The van der Waals surface area contributed by atoms with E-state index in [4.69, 9.17) is 9.47 Å². The fourth-order valence-corrected chi connectivity index (χ4v) is 4.51. The van der Waals surface area contributed by atoms with Crippen LogP contribution in [0.25, 0.3) is 0 Å². The molecular formula is C17H25NO5S. The zero-order valence-corrected chi connectivity index (χ0v) is 15.3. The second kappa shape index (κ2) is 7.98. The maximum absolute atomic E-state index is 13.0. The molecule has 0 radical (unpaired) electrons. The molecule has 0 amide bonds. The highest BCUT2D eigenvalue weighted by atomic mass is 32.2. The Kier molecular flexibility index (Phi) is 6.23. The highest BCUT2D eigenvalue weighted by molar-refractivity contribution is 7.89. The van der Waals surface area contributed by atoms with Crippen molar-refractivity contribution in [3.05, 3.63) is 23.8 Å². The second-order valence-corrected chi connectivity index (χ2v) is 7.72. The average Bonchev–Trinajstić information content (AvgIpc) is 2.57. The van der Waals surface area contributed by atoms with Crippen LogP contribution in [-0.2, 0) is 19.6 Å². The van der Waals surface area contributed by atoms with E-state index in [1.54, 1.807) is 19.1 Å². The van der Waals surface area contributed by atoms with Crippen molar-refractivity contribution in [2.75, 3.05) is 26.3 Å². The third-order valence-electron chi connectivity index (χ3n) is 4.09. The van der Waals surface area contributed by atoms with Crippen LogP contribution in [0.4, 0.5) is 0 Å². The van der Waals surface area contributed by atoms with Crippen LogP contribution in [0.5, 0.6) is 5.75 Å². The summed E-state index contributed by atoms with van der Waals surface area (Å²) in [5.41, 5.74) is 0.860. The largest absolute Gasteiger partial charge is 0.492 e. The molecule has 0 aromatic heterocycles. The summed E-state index contributed by atoms with van der Waals surface area (Å²) in [6.45, 7) is 6.80. The summed E-state index contributed by atoms with van der Waals surface area (Å²) in [7, 11) is -3.64. The molecule has 1 aromatic rings. The second-order valence-electron chi connectivity index (χ2n) is 5.81. The summed E-state index contributed by atoms with van der Waals surface area (Å²) < 4.78 is 37.9. The van der Waals surface area contributed by atoms with Gasteiger partial charge in [-0.15, -0.1) is 0 Å². The van der Waals surface area contributed by atoms with Crippen LogP contribution >= 0.6 is 0 Å².